The third-order valence-electron chi connectivity index (χ3n) is 4.08. The van der Waals surface area contributed by atoms with Crippen molar-refractivity contribution in [1.29, 1.82) is 0 Å². The predicted octanol–water partition coefficient (Wildman–Crippen LogP) is 3.26. The highest BCUT2D eigenvalue weighted by molar-refractivity contribution is 5.95. The summed E-state index contributed by atoms with van der Waals surface area (Å²) in [5.41, 5.74) is 0.592. The van der Waals surface area contributed by atoms with Crippen LogP contribution in [0.15, 0.2) is 63.8 Å². The van der Waals surface area contributed by atoms with E-state index in [4.69, 9.17) is 4.74 Å². The Hall–Kier alpha value is -3.75. The van der Waals surface area contributed by atoms with E-state index < -0.39 is 11.5 Å². The van der Waals surface area contributed by atoms with Crippen LogP contribution in [0.4, 0.5) is 11.4 Å². The molecule has 0 spiro atoms. The van der Waals surface area contributed by atoms with Crippen molar-refractivity contribution in [3.8, 4) is 5.75 Å². The molecule has 3 rings (SSSR count). The van der Waals surface area contributed by atoms with Crippen LogP contribution >= 0.6 is 0 Å². The number of nitrogens with zero attached hydrogens (tertiary/aromatic N) is 4. The Morgan fingerprint density at radius 3 is 2.62 bits per heavy atom. The van der Waals surface area contributed by atoms with Crippen LogP contribution in [-0.4, -0.2) is 22.3 Å². The van der Waals surface area contributed by atoms with Gasteiger partial charge in [-0.1, -0.05) is 13.3 Å². The van der Waals surface area contributed by atoms with Crippen molar-refractivity contribution in [2.75, 3.05) is 6.61 Å². The fourth-order valence-electron chi connectivity index (χ4n) is 2.74. The topological polar surface area (TPSA) is 116 Å². The summed E-state index contributed by atoms with van der Waals surface area (Å²) in [6, 6.07) is 9.87. The van der Waals surface area contributed by atoms with E-state index in [1.54, 1.807) is 24.3 Å². The molecule has 0 radical (unpaired) electrons. The van der Waals surface area contributed by atoms with E-state index in [1.807, 2.05) is 13.8 Å². The van der Waals surface area contributed by atoms with Crippen LogP contribution in [0.25, 0.3) is 0 Å². The Morgan fingerprint density at radius 1 is 1.21 bits per heavy atom. The normalized spacial score (nSPS) is 11.1. The zero-order valence-corrected chi connectivity index (χ0v) is 16.2. The van der Waals surface area contributed by atoms with Gasteiger partial charge in [-0.15, -0.1) is 5.11 Å². The number of aromatic nitrogens is 3. The molecule has 9 heteroatoms. The summed E-state index contributed by atoms with van der Waals surface area (Å²) < 4.78 is 6.74. The van der Waals surface area contributed by atoms with Gasteiger partial charge in [0, 0.05) is 6.07 Å². The fraction of sp³-hybridized carbons (Fsp3) is 0.250. The van der Waals surface area contributed by atoms with Gasteiger partial charge in [0.15, 0.2) is 18.1 Å². The highest BCUT2D eigenvalue weighted by Crippen LogP contribution is 2.22. The van der Waals surface area contributed by atoms with Gasteiger partial charge in [0.05, 0.1) is 18.0 Å². The summed E-state index contributed by atoms with van der Waals surface area (Å²) in [6.45, 7) is 4.40. The molecule has 0 saturated carbocycles. The van der Waals surface area contributed by atoms with Gasteiger partial charge in [-0.05, 0) is 43.7 Å². The Bertz CT molecular complexity index is 1080. The number of hydrogen-bond acceptors (Lipinski definition) is 6. The second-order valence-electron chi connectivity index (χ2n) is 6.21. The Labute approximate surface area is 166 Å². The van der Waals surface area contributed by atoms with Crippen molar-refractivity contribution in [1.82, 2.24) is 9.78 Å². The van der Waals surface area contributed by atoms with Crippen molar-refractivity contribution in [2.45, 2.75) is 26.7 Å². The number of ether oxygens (including phenoxy) is 1. The van der Waals surface area contributed by atoms with E-state index in [0.717, 1.165) is 17.3 Å². The first-order valence-corrected chi connectivity index (χ1v) is 9.25. The minimum atomic E-state index is -0.639. The third kappa shape index (κ3) is 4.57. The maximum absolute atomic E-state index is 12.8. The maximum Gasteiger partial charge on any atom is 0.302 e. The summed E-state index contributed by atoms with van der Waals surface area (Å²) in [5.74, 6) is 0.0752. The second-order valence-corrected chi connectivity index (χ2v) is 6.21. The lowest BCUT2D eigenvalue weighted by Crippen LogP contribution is -2.30. The molecule has 0 aliphatic rings. The number of pyridine rings is 1. The summed E-state index contributed by atoms with van der Waals surface area (Å²) in [6.07, 6.45) is 3.62. The quantitative estimate of drug-likeness (QED) is 0.375. The molecule has 0 fully saturated rings. The molecule has 0 amide bonds. The molecule has 1 N–H and O–H groups in total. The van der Waals surface area contributed by atoms with Crippen molar-refractivity contribution < 1.29 is 14.3 Å². The number of carbonyl (C=O) groups excluding carboxylic acids is 1. The van der Waals surface area contributed by atoms with Crippen molar-refractivity contribution in [3.05, 3.63) is 75.6 Å². The molecule has 29 heavy (non-hydrogen) atoms. The van der Waals surface area contributed by atoms with Gasteiger partial charge < -0.3 is 9.94 Å². The minimum absolute atomic E-state index is 0.0695. The lowest BCUT2D eigenvalue weighted by atomic mass is 10.2. The standard InChI is InChI=1S/C20H21N5O4/c1-3-6-17-18(22-21-15-8-10-16(11-9-15)29-4-2)20(27)25(23-17)19(26)14-7-5-12-24(28)13-14/h5,7-13,23H,3-4,6H2,1-2H3. The molecule has 1 aromatic carbocycles. The fourth-order valence-corrected chi connectivity index (χ4v) is 2.74. The van der Waals surface area contributed by atoms with Crippen LogP contribution in [0.5, 0.6) is 5.75 Å². The van der Waals surface area contributed by atoms with Crippen LogP contribution < -0.4 is 15.0 Å². The average Bonchev–Trinajstić information content (AvgIpc) is 3.03. The number of carbonyl (C=O) groups is 1. The summed E-state index contributed by atoms with van der Waals surface area (Å²) in [4.78, 5) is 25.4. The number of aromatic amines is 1. The van der Waals surface area contributed by atoms with Gasteiger partial charge in [0.25, 0.3) is 5.91 Å². The lowest BCUT2D eigenvalue weighted by molar-refractivity contribution is -0.605. The van der Waals surface area contributed by atoms with Gasteiger partial charge in [-0.3, -0.25) is 14.7 Å². The predicted molar refractivity (Wildman–Crippen MR) is 106 cm³/mol. The van der Waals surface area contributed by atoms with Gasteiger partial charge >= 0.3 is 5.56 Å². The van der Waals surface area contributed by atoms with Gasteiger partial charge in [0.2, 0.25) is 0 Å². The molecule has 2 aromatic heterocycles. The summed E-state index contributed by atoms with van der Waals surface area (Å²) in [5, 5.41) is 22.4. The van der Waals surface area contributed by atoms with Crippen molar-refractivity contribution in [3.63, 3.8) is 0 Å². The molecular weight excluding hydrogens is 374 g/mol. The second kappa shape index (κ2) is 8.96. The molecule has 0 unspecified atom stereocenters. The summed E-state index contributed by atoms with van der Waals surface area (Å²) in [7, 11) is 0. The Balaban J connectivity index is 1.94. The molecule has 0 bridgehead atoms. The monoisotopic (exact) mass is 395 g/mol. The van der Waals surface area contributed by atoms with Crippen LogP contribution in [-0.2, 0) is 6.42 Å². The SMILES string of the molecule is CCCc1[nH]n(C(=O)c2ccc[n+]([O-])c2)c(=O)c1N=Nc1ccc(OCC)cc1. The Kier molecular flexibility index (Phi) is 6.18. The van der Waals surface area contributed by atoms with Crippen LogP contribution in [0.2, 0.25) is 0 Å². The molecule has 0 aliphatic heterocycles. The molecule has 9 nitrogen and oxygen atoms in total. The molecule has 3 aromatic rings. The van der Waals surface area contributed by atoms with Gasteiger partial charge in [-0.25, -0.2) is 0 Å². The number of rotatable bonds is 7. The maximum atomic E-state index is 12.8. The minimum Gasteiger partial charge on any atom is -0.619 e. The highest BCUT2D eigenvalue weighted by atomic mass is 16.5. The number of aryl methyl sites for hydroxylation is 1. The number of azo groups is 1. The summed E-state index contributed by atoms with van der Waals surface area (Å²) >= 11 is 0. The van der Waals surface area contributed by atoms with E-state index in [1.165, 1.54) is 18.3 Å². The molecule has 0 saturated heterocycles. The molecular formula is C20H21N5O4. The van der Waals surface area contributed by atoms with Crippen molar-refractivity contribution in [2.24, 2.45) is 10.2 Å². The molecule has 0 aliphatic carbocycles. The third-order valence-corrected chi connectivity index (χ3v) is 4.08. The van der Waals surface area contributed by atoms with Crippen LogP contribution in [0, 0.1) is 5.21 Å². The zero-order valence-electron chi connectivity index (χ0n) is 16.2. The highest BCUT2D eigenvalue weighted by Gasteiger charge is 2.20. The van der Waals surface area contributed by atoms with Gasteiger partial charge in [-0.2, -0.15) is 14.5 Å². The number of hydrogen-bond donors (Lipinski definition) is 1. The first-order chi connectivity index (χ1) is 14.0. The number of benzene rings is 1. The van der Waals surface area contributed by atoms with Crippen molar-refractivity contribution >= 4 is 17.3 Å². The number of nitrogens with one attached hydrogen (secondary N) is 1. The largest absolute Gasteiger partial charge is 0.619 e. The Morgan fingerprint density at radius 2 is 1.97 bits per heavy atom. The number of H-pyrrole nitrogens is 1. The van der Waals surface area contributed by atoms with E-state index >= 15 is 0 Å². The van der Waals surface area contributed by atoms with E-state index in [9.17, 15) is 14.8 Å². The smallest absolute Gasteiger partial charge is 0.302 e. The van der Waals surface area contributed by atoms with Crippen LogP contribution in [0.3, 0.4) is 0 Å². The average molecular weight is 395 g/mol. The van der Waals surface area contributed by atoms with Gasteiger partial charge in [0.1, 0.15) is 11.3 Å². The van der Waals surface area contributed by atoms with E-state index in [0.29, 0.717) is 34.9 Å². The van der Waals surface area contributed by atoms with Crippen LogP contribution in [0.1, 0.15) is 36.3 Å². The molecule has 0 atom stereocenters. The first kappa shape index (κ1) is 20.0. The van der Waals surface area contributed by atoms with E-state index in [2.05, 4.69) is 15.3 Å². The lowest BCUT2D eigenvalue weighted by Gasteiger charge is -2.01. The molecule has 150 valence electrons. The zero-order chi connectivity index (χ0) is 20.8. The first-order valence-electron chi connectivity index (χ1n) is 9.25. The van der Waals surface area contributed by atoms with E-state index in [-0.39, 0.29) is 11.3 Å². The molecule has 2 heterocycles.